The van der Waals surface area contributed by atoms with Crippen LogP contribution in [0.3, 0.4) is 0 Å². The summed E-state index contributed by atoms with van der Waals surface area (Å²) in [5.74, 6) is 0.148. The first kappa shape index (κ1) is 9.21. The molecule has 0 spiro atoms. The molecule has 1 aromatic heterocycles. The lowest BCUT2D eigenvalue weighted by atomic mass is 10.3. The fourth-order valence-corrected chi connectivity index (χ4v) is 1.55. The Balaban J connectivity index is 1.88. The Morgan fingerprint density at radius 1 is 1.43 bits per heavy atom. The average Bonchev–Trinajstić information content (AvgIpc) is 2.72. The molecule has 76 valence electrons. The Morgan fingerprint density at radius 2 is 2.21 bits per heavy atom. The first-order valence-corrected chi connectivity index (χ1v) is 4.82. The van der Waals surface area contributed by atoms with Crippen molar-refractivity contribution in [1.82, 2.24) is 20.0 Å². The molecule has 1 fully saturated rings. The molecule has 5 heteroatoms. The number of carbonyl (C=O) groups is 1. The summed E-state index contributed by atoms with van der Waals surface area (Å²) in [5.41, 5.74) is 0. The third-order valence-corrected chi connectivity index (χ3v) is 2.33. The van der Waals surface area contributed by atoms with Gasteiger partial charge in [-0.3, -0.25) is 9.48 Å². The molecular formula is C9H14N4O. The second-order valence-corrected chi connectivity index (χ2v) is 3.33. The Morgan fingerprint density at radius 3 is 2.86 bits per heavy atom. The quantitative estimate of drug-likeness (QED) is 0.678. The lowest BCUT2D eigenvalue weighted by molar-refractivity contribution is -0.132. The maximum Gasteiger partial charge on any atom is 0.244 e. The molecule has 1 aliphatic rings. The van der Waals surface area contributed by atoms with Crippen LogP contribution in [0.25, 0.3) is 0 Å². The van der Waals surface area contributed by atoms with Crippen LogP contribution in [0.15, 0.2) is 18.5 Å². The number of aromatic nitrogens is 2. The second-order valence-electron chi connectivity index (χ2n) is 3.33. The fourth-order valence-electron chi connectivity index (χ4n) is 1.55. The van der Waals surface area contributed by atoms with Crippen LogP contribution in [-0.2, 0) is 11.3 Å². The Hall–Kier alpha value is -1.36. The molecule has 0 atom stereocenters. The van der Waals surface area contributed by atoms with Crippen molar-refractivity contribution >= 4 is 5.91 Å². The first-order chi connectivity index (χ1) is 6.86. The number of rotatable bonds is 2. The van der Waals surface area contributed by atoms with Crippen LogP contribution >= 0.6 is 0 Å². The van der Waals surface area contributed by atoms with E-state index in [4.69, 9.17) is 0 Å². The van der Waals surface area contributed by atoms with Crippen molar-refractivity contribution in [2.45, 2.75) is 6.54 Å². The van der Waals surface area contributed by atoms with E-state index in [0.717, 1.165) is 26.2 Å². The van der Waals surface area contributed by atoms with Gasteiger partial charge in [-0.25, -0.2) is 0 Å². The zero-order chi connectivity index (χ0) is 9.80. The molecule has 1 aromatic rings. The number of piperazine rings is 1. The third-order valence-electron chi connectivity index (χ3n) is 2.33. The minimum absolute atomic E-state index is 0.148. The van der Waals surface area contributed by atoms with E-state index in [1.165, 1.54) is 0 Å². The molecule has 1 saturated heterocycles. The standard InChI is InChI=1S/C9H14N4O/c14-9(8-13-5-1-2-11-13)12-6-3-10-4-7-12/h1-2,5,10H,3-4,6-8H2. The summed E-state index contributed by atoms with van der Waals surface area (Å²) < 4.78 is 1.66. The van der Waals surface area contributed by atoms with Gasteiger partial charge < -0.3 is 10.2 Å². The smallest absolute Gasteiger partial charge is 0.244 e. The Labute approximate surface area is 82.7 Å². The van der Waals surface area contributed by atoms with Crippen molar-refractivity contribution in [3.05, 3.63) is 18.5 Å². The summed E-state index contributed by atoms with van der Waals surface area (Å²) >= 11 is 0. The van der Waals surface area contributed by atoms with Gasteiger partial charge in [-0.1, -0.05) is 0 Å². The first-order valence-electron chi connectivity index (χ1n) is 4.82. The minimum atomic E-state index is 0.148. The molecule has 0 bridgehead atoms. The number of nitrogens with one attached hydrogen (secondary N) is 1. The van der Waals surface area contributed by atoms with Crippen molar-refractivity contribution < 1.29 is 4.79 Å². The van der Waals surface area contributed by atoms with Crippen LogP contribution in [-0.4, -0.2) is 46.8 Å². The summed E-state index contributed by atoms with van der Waals surface area (Å²) in [5, 5.41) is 7.22. The van der Waals surface area contributed by atoms with Crippen LogP contribution in [0.2, 0.25) is 0 Å². The van der Waals surface area contributed by atoms with E-state index in [0.29, 0.717) is 6.54 Å². The van der Waals surface area contributed by atoms with E-state index in [9.17, 15) is 4.79 Å². The summed E-state index contributed by atoms with van der Waals surface area (Å²) in [6.45, 7) is 3.75. The van der Waals surface area contributed by atoms with Gasteiger partial charge in [0.05, 0.1) is 0 Å². The number of hydrogen-bond acceptors (Lipinski definition) is 3. The number of hydrogen-bond donors (Lipinski definition) is 1. The van der Waals surface area contributed by atoms with Crippen LogP contribution < -0.4 is 5.32 Å². The number of amides is 1. The van der Waals surface area contributed by atoms with E-state index in [1.807, 2.05) is 11.0 Å². The largest absolute Gasteiger partial charge is 0.339 e. The Bertz CT molecular complexity index is 290. The van der Waals surface area contributed by atoms with E-state index < -0.39 is 0 Å². The Kier molecular flexibility index (Phi) is 2.78. The fraction of sp³-hybridized carbons (Fsp3) is 0.556. The zero-order valence-electron chi connectivity index (χ0n) is 8.02. The zero-order valence-corrected chi connectivity index (χ0v) is 8.02. The van der Waals surface area contributed by atoms with E-state index in [1.54, 1.807) is 17.1 Å². The SMILES string of the molecule is O=C(Cn1cccn1)N1CCNCC1. The highest BCUT2D eigenvalue weighted by Gasteiger charge is 2.15. The van der Waals surface area contributed by atoms with Crippen molar-refractivity contribution in [2.75, 3.05) is 26.2 Å². The van der Waals surface area contributed by atoms with Gasteiger partial charge in [-0.05, 0) is 6.07 Å². The molecule has 14 heavy (non-hydrogen) atoms. The highest BCUT2D eigenvalue weighted by atomic mass is 16.2. The van der Waals surface area contributed by atoms with Gasteiger partial charge >= 0.3 is 0 Å². The molecule has 2 heterocycles. The maximum atomic E-state index is 11.7. The maximum absolute atomic E-state index is 11.7. The predicted molar refractivity (Wildman–Crippen MR) is 51.7 cm³/mol. The number of nitrogens with zero attached hydrogens (tertiary/aromatic N) is 3. The molecule has 0 aromatic carbocycles. The summed E-state index contributed by atoms with van der Waals surface area (Å²) in [6.07, 6.45) is 3.49. The second kappa shape index (κ2) is 4.23. The molecule has 5 nitrogen and oxygen atoms in total. The molecule has 1 amide bonds. The van der Waals surface area contributed by atoms with Gasteiger partial charge in [0, 0.05) is 38.6 Å². The van der Waals surface area contributed by atoms with Gasteiger partial charge in [0.15, 0.2) is 0 Å². The number of carbonyl (C=O) groups excluding carboxylic acids is 1. The van der Waals surface area contributed by atoms with Crippen LogP contribution in [0.4, 0.5) is 0 Å². The normalized spacial score (nSPS) is 17.0. The van der Waals surface area contributed by atoms with Crippen LogP contribution in [0.1, 0.15) is 0 Å². The summed E-state index contributed by atoms with van der Waals surface area (Å²) in [7, 11) is 0. The molecular weight excluding hydrogens is 180 g/mol. The molecule has 0 unspecified atom stereocenters. The summed E-state index contributed by atoms with van der Waals surface area (Å²) in [4.78, 5) is 13.6. The molecule has 2 rings (SSSR count). The van der Waals surface area contributed by atoms with Crippen LogP contribution in [0.5, 0.6) is 0 Å². The van der Waals surface area contributed by atoms with Gasteiger partial charge in [0.2, 0.25) is 5.91 Å². The highest BCUT2D eigenvalue weighted by molar-refractivity contribution is 5.76. The van der Waals surface area contributed by atoms with Gasteiger partial charge in [0.1, 0.15) is 6.54 Å². The van der Waals surface area contributed by atoms with Crippen molar-refractivity contribution in [3.8, 4) is 0 Å². The average molecular weight is 194 g/mol. The minimum Gasteiger partial charge on any atom is -0.339 e. The predicted octanol–water partition coefficient (Wildman–Crippen LogP) is -0.685. The topological polar surface area (TPSA) is 50.2 Å². The lowest BCUT2D eigenvalue weighted by Crippen LogP contribution is -2.47. The van der Waals surface area contributed by atoms with Crippen molar-refractivity contribution in [2.24, 2.45) is 0 Å². The third kappa shape index (κ3) is 2.11. The monoisotopic (exact) mass is 194 g/mol. The molecule has 1 aliphatic heterocycles. The van der Waals surface area contributed by atoms with Crippen molar-refractivity contribution in [3.63, 3.8) is 0 Å². The lowest BCUT2D eigenvalue weighted by Gasteiger charge is -2.27. The van der Waals surface area contributed by atoms with Crippen LogP contribution in [0, 0.1) is 0 Å². The van der Waals surface area contributed by atoms with Gasteiger partial charge in [0.25, 0.3) is 0 Å². The van der Waals surface area contributed by atoms with E-state index in [2.05, 4.69) is 10.4 Å². The molecule has 0 aliphatic carbocycles. The summed E-state index contributed by atoms with van der Waals surface area (Å²) in [6, 6.07) is 1.82. The molecule has 0 saturated carbocycles. The van der Waals surface area contributed by atoms with Gasteiger partial charge in [-0.15, -0.1) is 0 Å². The van der Waals surface area contributed by atoms with Gasteiger partial charge in [-0.2, -0.15) is 5.10 Å². The van der Waals surface area contributed by atoms with E-state index in [-0.39, 0.29) is 5.91 Å². The van der Waals surface area contributed by atoms with E-state index >= 15 is 0 Å². The highest BCUT2D eigenvalue weighted by Crippen LogP contribution is 1.95. The molecule has 1 N–H and O–H groups in total. The molecule has 0 radical (unpaired) electrons. The van der Waals surface area contributed by atoms with Crippen molar-refractivity contribution in [1.29, 1.82) is 0 Å².